The minimum Gasteiger partial charge on any atom is -0.316 e. The highest BCUT2D eigenvalue weighted by Crippen LogP contribution is 2.20. The number of benzene rings is 2. The summed E-state index contributed by atoms with van der Waals surface area (Å²) in [6, 6.07) is 15.5. The van der Waals surface area contributed by atoms with Crippen molar-refractivity contribution < 1.29 is 4.39 Å². The Morgan fingerprint density at radius 2 is 1.84 bits per heavy atom. The lowest BCUT2D eigenvalue weighted by atomic mass is 9.99. The second-order valence-electron chi connectivity index (χ2n) is 4.62. The van der Waals surface area contributed by atoms with Gasteiger partial charge in [0.05, 0.1) is 0 Å². The highest BCUT2D eigenvalue weighted by Gasteiger charge is 2.11. The van der Waals surface area contributed by atoms with Crippen LogP contribution in [-0.4, -0.2) is 13.1 Å². The van der Waals surface area contributed by atoms with Crippen molar-refractivity contribution >= 4 is 15.9 Å². The number of nitrogens with one attached hydrogen (secondary N) is 1. The molecule has 100 valence electrons. The maximum Gasteiger partial charge on any atom is 0.123 e. The Morgan fingerprint density at radius 1 is 1.11 bits per heavy atom. The Bertz CT molecular complexity index is 528. The third kappa shape index (κ3) is 4.15. The summed E-state index contributed by atoms with van der Waals surface area (Å²) in [5.74, 6) is -0.187. The summed E-state index contributed by atoms with van der Waals surface area (Å²) in [5, 5.41) is 3.30. The topological polar surface area (TPSA) is 12.0 Å². The highest BCUT2D eigenvalue weighted by atomic mass is 79.9. The van der Waals surface area contributed by atoms with Gasteiger partial charge in [-0.15, -0.1) is 0 Å². The first-order valence-corrected chi connectivity index (χ1v) is 7.13. The van der Waals surface area contributed by atoms with Crippen LogP contribution >= 0.6 is 15.9 Å². The average molecular weight is 322 g/mol. The molecular weight excluding hydrogens is 305 g/mol. The van der Waals surface area contributed by atoms with Gasteiger partial charge in [0.25, 0.3) is 0 Å². The molecule has 0 saturated carbocycles. The summed E-state index contributed by atoms with van der Waals surface area (Å²) in [6.07, 6.45) is 1.73. The molecule has 1 atom stereocenters. The van der Waals surface area contributed by atoms with Crippen LogP contribution in [0.1, 0.15) is 11.1 Å². The van der Waals surface area contributed by atoms with Crippen molar-refractivity contribution in [1.82, 2.24) is 5.32 Å². The summed E-state index contributed by atoms with van der Waals surface area (Å²) < 4.78 is 14.2. The van der Waals surface area contributed by atoms with E-state index >= 15 is 0 Å². The second-order valence-corrected chi connectivity index (χ2v) is 5.47. The van der Waals surface area contributed by atoms with Crippen molar-refractivity contribution in [1.29, 1.82) is 0 Å². The molecule has 2 aromatic carbocycles. The fourth-order valence-electron chi connectivity index (χ4n) is 2.14. The minimum atomic E-state index is -0.187. The Kier molecular flexibility index (Phi) is 5.11. The summed E-state index contributed by atoms with van der Waals surface area (Å²) in [4.78, 5) is 0. The molecule has 19 heavy (non-hydrogen) atoms. The molecule has 0 saturated heterocycles. The summed E-state index contributed by atoms with van der Waals surface area (Å²) in [7, 11) is 1.95. The summed E-state index contributed by atoms with van der Waals surface area (Å²) >= 11 is 3.48. The first-order chi connectivity index (χ1) is 9.19. The van der Waals surface area contributed by atoms with Crippen molar-refractivity contribution in [3.05, 3.63) is 69.9 Å². The molecule has 1 unspecified atom stereocenters. The summed E-state index contributed by atoms with van der Waals surface area (Å²) in [5.41, 5.74) is 2.28. The quantitative estimate of drug-likeness (QED) is 0.878. The zero-order chi connectivity index (χ0) is 13.7. The van der Waals surface area contributed by atoms with Crippen molar-refractivity contribution in [2.45, 2.75) is 18.9 Å². The maximum absolute atomic E-state index is 13.3. The molecule has 2 aromatic rings. The van der Waals surface area contributed by atoms with Crippen LogP contribution in [-0.2, 0) is 12.8 Å². The van der Waals surface area contributed by atoms with Gasteiger partial charge in [-0.3, -0.25) is 0 Å². The minimum absolute atomic E-state index is 0.187. The van der Waals surface area contributed by atoms with E-state index in [4.69, 9.17) is 0 Å². The van der Waals surface area contributed by atoms with E-state index in [2.05, 4.69) is 33.4 Å². The van der Waals surface area contributed by atoms with Crippen molar-refractivity contribution in [3.8, 4) is 0 Å². The largest absolute Gasteiger partial charge is 0.316 e. The fourth-order valence-corrected chi connectivity index (χ4v) is 2.55. The lowest BCUT2D eigenvalue weighted by molar-refractivity contribution is 0.552. The number of hydrogen-bond acceptors (Lipinski definition) is 1. The SMILES string of the molecule is CNC(Cc1ccccc1)Cc1cc(F)ccc1Br. The Hall–Kier alpha value is -1.19. The second kappa shape index (κ2) is 6.83. The first kappa shape index (κ1) is 14.2. The van der Waals surface area contributed by atoms with E-state index in [1.807, 2.05) is 25.2 Å². The first-order valence-electron chi connectivity index (χ1n) is 6.34. The van der Waals surface area contributed by atoms with Crippen LogP contribution in [0.5, 0.6) is 0 Å². The predicted octanol–water partition coefficient (Wildman–Crippen LogP) is 3.96. The van der Waals surface area contributed by atoms with Crippen LogP contribution in [0.15, 0.2) is 53.0 Å². The lowest BCUT2D eigenvalue weighted by Gasteiger charge is -2.17. The molecule has 0 aliphatic carbocycles. The Balaban J connectivity index is 2.09. The molecule has 0 bridgehead atoms. The lowest BCUT2D eigenvalue weighted by Crippen LogP contribution is -2.30. The third-order valence-electron chi connectivity index (χ3n) is 3.21. The standard InChI is InChI=1S/C16H17BrFN/c1-19-15(9-12-5-3-2-4-6-12)11-13-10-14(18)7-8-16(13)17/h2-8,10,15,19H,9,11H2,1H3. The van der Waals surface area contributed by atoms with Gasteiger partial charge in [-0.05, 0) is 49.2 Å². The predicted molar refractivity (Wildman–Crippen MR) is 80.8 cm³/mol. The smallest absolute Gasteiger partial charge is 0.123 e. The van der Waals surface area contributed by atoms with E-state index in [0.29, 0.717) is 6.04 Å². The van der Waals surface area contributed by atoms with Gasteiger partial charge < -0.3 is 5.32 Å². The van der Waals surface area contributed by atoms with Gasteiger partial charge in [0.2, 0.25) is 0 Å². The van der Waals surface area contributed by atoms with Crippen LogP contribution < -0.4 is 5.32 Å². The van der Waals surface area contributed by atoms with Gasteiger partial charge in [-0.25, -0.2) is 4.39 Å². The molecule has 0 amide bonds. The molecular formula is C16H17BrFN. The van der Waals surface area contributed by atoms with E-state index in [1.54, 1.807) is 12.1 Å². The number of hydrogen-bond donors (Lipinski definition) is 1. The number of likely N-dealkylation sites (N-methyl/N-ethyl adjacent to an activating group) is 1. The van der Waals surface area contributed by atoms with Gasteiger partial charge in [0, 0.05) is 10.5 Å². The van der Waals surface area contributed by atoms with Crippen LogP contribution in [0.2, 0.25) is 0 Å². The molecule has 1 N–H and O–H groups in total. The van der Waals surface area contributed by atoms with E-state index in [9.17, 15) is 4.39 Å². The molecule has 0 aromatic heterocycles. The molecule has 0 aliphatic heterocycles. The zero-order valence-corrected chi connectivity index (χ0v) is 12.5. The van der Waals surface area contributed by atoms with E-state index in [1.165, 1.54) is 11.6 Å². The van der Waals surface area contributed by atoms with E-state index in [-0.39, 0.29) is 5.82 Å². The third-order valence-corrected chi connectivity index (χ3v) is 3.98. The molecule has 0 fully saturated rings. The Labute approximate surface area is 122 Å². The molecule has 1 nitrogen and oxygen atoms in total. The van der Waals surface area contributed by atoms with Crippen molar-refractivity contribution in [2.75, 3.05) is 7.05 Å². The zero-order valence-electron chi connectivity index (χ0n) is 10.9. The fraction of sp³-hybridized carbons (Fsp3) is 0.250. The molecule has 0 spiro atoms. The van der Waals surface area contributed by atoms with E-state index < -0.39 is 0 Å². The number of halogens is 2. The van der Waals surface area contributed by atoms with E-state index in [0.717, 1.165) is 22.9 Å². The summed E-state index contributed by atoms with van der Waals surface area (Å²) in [6.45, 7) is 0. The van der Waals surface area contributed by atoms with Gasteiger partial charge in [0.15, 0.2) is 0 Å². The monoisotopic (exact) mass is 321 g/mol. The van der Waals surface area contributed by atoms with Crippen molar-refractivity contribution in [2.24, 2.45) is 0 Å². The van der Waals surface area contributed by atoms with Gasteiger partial charge in [-0.2, -0.15) is 0 Å². The van der Waals surface area contributed by atoms with Gasteiger partial charge >= 0.3 is 0 Å². The number of rotatable bonds is 5. The molecule has 0 aliphatic rings. The van der Waals surface area contributed by atoms with Crippen LogP contribution in [0.4, 0.5) is 4.39 Å². The normalized spacial score (nSPS) is 12.4. The molecule has 0 radical (unpaired) electrons. The molecule has 3 heteroatoms. The Morgan fingerprint density at radius 3 is 2.53 bits per heavy atom. The van der Waals surface area contributed by atoms with Crippen LogP contribution in [0.25, 0.3) is 0 Å². The average Bonchev–Trinajstić information content (AvgIpc) is 2.43. The highest BCUT2D eigenvalue weighted by molar-refractivity contribution is 9.10. The van der Waals surface area contributed by atoms with Crippen molar-refractivity contribution in [3.63, 3.8) is 0 Å². The molecule has 0 heterocycles. The van der Waals surface area contributed by atoms with Gasteiger partial charge in [0.1, 0.15) is 5.82 Å². The van der Waals surface area contributed by atoms with Gasteiger partial charge in [-0.1, -0.05) is 46.3 Å². The van der Waals surface area contributed by atoms with Crippen LogP contribution in [0, 0.1) is 5.82 Å². The molecule has 2 rings (SSSR count). The van der Waals surface area contributed by atoms with Crippen LogP contribution in [0.3, 0.4) is 0 Å². The maximum atomic E-state index is 13.3.